The lowest BCUT2D eigenvalue weighted by Gasteiger charge is -2.13. The van der Waals surface area contributed by atoms with Gasteiger partial charge in [0.1, 0.15) is 5.82 Å². The van der Waals surface area contributed by atoms with Crippen molar-refractivity contribution in [3.05, 3.63) is 89.2 Å². The van der Waals surface area contributed by atoms with Crippen LogP contribution < -0.4 is 10.6 Å². The Morgan fingerprint density at radius 1 is 0.778 bits per heavy atom. The average Bonchev–Trinajstić information content (AvgIpc) is 2.69. The van der Waals surface area contributed by atoms with Crippen molar-refractivity contribution in [3.63, 3.8) is 0 Å². The summed E-state index contributed by atoms with van der Waals surface area (Å²) in [6.07, 6.45) is 0. The van der Waals surface area contributed by atoms with Crippen LogP contribution in [0.4, 0.5) is 21.7 Å². The van der Waals surface area contributed by atoms with Gasteiger partial charge in [-0.25, -0.2) is 14.4 Å². The van der Waals surface area contributed by atoms with E-state index in [2.05, 4.69) is 20.6 Å². The van der Waals surface area contributed by atoms with Crippen LogP contribution in [0.15, 0.2) is 72.8 Å². The van der Waals surface area contributed by atoms with E-state index in [1.54, 1.807) is 12.1 Å². The van der Waals surface area contributed by atoms with Gasteiger partial charge in [-0.2, -0.15) is 0 Å². The fourth-order valence-corrected chi connectivity index (χ4v) is 2.79. The van der Waals surface area contributed by atoms with Crippen LogP contribution in [0, 0.1) is 5.82 Å². The van der Waals surface area contributed by atoms with Crippen LogP contribution in [0.5, 0.6) is 0 Å². The second kappa shape index (κ2) is 7.60. The van der Waals surface area contributed by atoms with E-state index in [9.17, 15) is 4.39 Å². The molecule has 1 aromatic heterocycles. The molecular weight excluding hydrogens is 363 g/mol. The molecule has 0 unspecified atom stereocenters. The number of fused-ring (bicyclic) bond motifs is 1. The number of halogens is 2. The molecule has 0 radical (unpaired) electrons. The first-order valence-corrected chi connectivity index (χ1v) is 8.83. The van der Waals surface area contributed by atoms with Gasteiger partial charge in [0.05, 0.1) is 11.0 Å². The largest absolute Gasteiger partial charge is 0.363 e. The number of aromatic nitrogens is 2. The van der Waals surface area contributed by atoms with E-state index in [4.69, 9.17) is 11.6 Å². The van der Waals surface area contributed by atoms with Crippen molar-refractivity contribution in [1.82, 2.24) is 9.97 Å². The van der Waals surface area contributed by atoms with Gasteiger partial charge in [-0.05, 0) is 54.1 Å². The number of anilines is 3. The SMILES string of the molecule is Fc1ccc(Nc2nc3ccccc3nc2NCc2ccc(Cl)cc2)cc1. The van der Waals surface area contributed by atoms with Gasteiger partial charge in [0.25, 0.3) is 0 Å². The third-order valence-corrected chi connectivity index (χ3v) is 4.30. The first-order chi connectivity index (χ1) is 13.2. The van der Waals surface area contributed by atoms with Crippen molar-refractivity contribution in [2.24, 2.45) is 0 Å². The Hall–Kier alpha value is -3.18. The quantitative estimate of drug-likeness (QED) is 0.462. The second-order valence-electron chi connectivity index (χ2n) is 6.02. The Bertz CT molecular complexity index is 1070. The highest BCUT2D eigenvalue weighted by molar-refractivity contribution is 6.30. The van der Waals surface area contributed by atoms with Gasteiger partial charge in [-0.1, -0.05) is 35.9 Å². The number of para-hydroxylation sites is 2. The molecule has 0 amide bonds. The average molecular weight is 379 g/mol. The van der Waals surface area contributed by atoms with Gasteiger partial charge in [-0.3, -0.25) is 0 Å². The molecule has 2 N–H and O–H groups in total. The van der Waals surface area contributed by atoms with E-state index in [1.165, 1.54) is 12.1 Å². The molecular formula is C21H16ClFN4. The lowest BCUT2D eigenvalue weighted by molar-refractivity contribution is 0.628. The summed E-state index contributed by atoms with van der Waals surface area (Å²) in [5.74, 6) is 0.911. The zero-order valence-corrected chi connectivity index (χ0v) is 15.0. The molecule has 4 nitrogen and oxygen atoms in total. The lowest BCUT2D eigenvalue weighted by Crippen LogP contribution is -2.07. The molecule has 4 aromatic rings. The molecule has 134 valence electrons. The highest BCUT2D eigenvalue weighted by atomic mass is 35.5. The van der Waals surface area contributed by atoms with Gasteiger partial charge in [0, 0.05) is 17.3 Å². The van der Waals surface area contributed by atoms with Gasteiger partial charge < -0.3 is 10.6 Å². The maximum absolute atomic E-state index is 13.2. The molecule has 0 bridgehead atoms. The normalized spacial score (nSPS) is 10.7. The van der Waals surface area contributed by atoms with Crippen LogP contribution in [0.25, 0.3) is 11.0 Å². The Morgan fingerprint density at radius 2 is 1.41 bits per heavy atom. The minimum Gasteiger partial charge on any atom is -0.363 e. The summed E-state index contributed by atoms with van der Waals surface area (Å²) in [4.78, 5) is 9.35. The molecule has 0 fully saturated rings. The van der Waals surface area contributed by atoms with Gasteiger partial charge in [0.2, 0.25) is 0 Å². The number of rotatable bonds is 5. The number of nitrogens with zero attached hydrogens (tertiary/aromatic N) is 2. The van der Waals surface area contributed by atoms with E-state index in [0.717, 1.165) is 22.3 Å². The maximum atomic E-state index is 13.2. The number of benzene rings is 3. The van der Waals surface area contributed by atoms with E-state index in [0.29, 0.717) is 23.2 Å². The fraction of sp³-hybridized carbons (Fsp3) is 0.0476. The predicted octanol–water partition coefficient (Wildman–Crippen LogP) is 5.78. The van der Waals surface area contributed by atoms with Crippen molar-refractivity contribution in [2.75, 3.05) is 10.6 Å². The van der Waals surface area contributed by atoms with E-state index in [-0.39, 0.29) is 5.82 Å². The summed E-state index contributed by atoms with van der Waals surface area (Å²) in [6, 6.07) is 21.4. The molecule has 0 atom stereocenters. The number of nitrogens with one attached hydrogen (secondary N) is 2. The van der Waals surface area contributed by atoms with Gasteiger partial charge in [-0.15, -0.1) is 0 Å². The van der Waals surface area contributed by atoms with E-state index >= 15 is 0 Å². The highest BCUT2D eigenvalue weighted by Crippen LogP contribution is 2.25. The summed E-state index contributed by atoms with van der Waals surface area (Å²) < 4.78 is 13.2. The standard InChI is InChI=1S/C21H16ClFN4/c22-15-7-5-14(6-8-15)13-24-20-21(25-17-11-9-16(23)10-12-17)27-19-4-2-1-3-18(19)26-20/h1-12H,13H2,(H,24,26)(H,25,27). The summed E-state index contributed by atoms with van der Waals surface area (Å²) >= 11 is 5.94. The Kier molecular flexibility index (Phi) is 4.85. The number of hydrogen-bond donors (Lipinski definition) is 2. The molecule has 0 spiro atoms. The van der Waals surface area contributed by atoms with Crippen molar-refractivity contribution in [1.29, 1.82) is 0 Å². The summed E-state index contributed by atoms with van der Waals surface area (Å²) in [7, 11) is 0. The van der Waals surface area contributed by atoms with Crippen molar-refractivity contribution < 1.29 is 4.39 Å². The van der Waals surface area contributed by atoms with Crippen LogP contribution in [0.2, 0.25) is 5.02 Å². The Balaban J connectivity index is 1.65. The maximum Gasteiger partial charge on any atom is 0.174 e. The zero-order chi connectivity index (χ0) is 18.6. The lowest BCUT2D eigenvalue weighted by atomic mass is 10.2. The van der Waals surface area contributed by atoms with E-state index in [1.807, 2.05) is 48.5 Å². The minimum absolute atomic E-state index is 0.286. The van der Waals surface area contributed by atoms with Gasteiger partial charge >= 0.3 is 0 Å². The molecule has 3 aromatic carbocycles. The fourth-order valence-electron chi connectivity index (χ4n) is 2.67. The first-order valence-electron chi connectivity index (χ1n) is 8.45. The van der Waals surface area contributed by atoms with Crippen molar-refractivity contribution in [3.8, 4) is 0 Å². The molecule has 1 heterocycles. The first kappa shape index (κ1) is 17.2. The molecule has 0 saturated heterocycles. The minimum atomic E-state index is -0.286. The molecule has 0 aliphatic rings. The molecule has 4 rings (SSSR count). The molecule has 27 heavy (non-hydrogen) atoms. The smallest absolute Gasteiger partial charge is 0.174 e. The summed E-state index contributed by atoms with van der Waals surface area (Å²) in [5, 5.41) is 7.23. The monoisotopic (exact) mass is 378 g/mol. The molecule has 0 aliphatic carbocycles. The molecule has 6 heteroatoms. The van der Waals surface area contributed by atoms with Crippen molar-refractivity contribution >= 4 is 40.0 Å². The van der Waals surface area contributed by atoms with Crippen LogP contribution >= 0.6 is 11.6 Å². The molecule has 0 aliphatic heterocycles. The summed E-state index contributed by atoms with van der Waals surface area (Å²) in [6.45, 7) is 0.572. The summed E-state index contributed by atoms with van der Waals surface area (Å²) in [5.41, 5.74) is 3.37. The topological polar surface area (TPSA) is 49.8 Å². The Labute approximate surface area is 161 Å². The molecule has 0 saturated carbocycles. The number of hydrogen-bond acceptors (Lipinski definition) is 4. The van der Waals surface area contributed by atoms with Crippen molar-refractivity contribution in [2.45, 2.75) is 6.54 Å². The Morgan fingerprint density at radius 3 is 2.07 bits per heavy atom. The van der Waals surface area contributed by atoms with Crippen LogP contribution in [-0.2, 0) is 6.54 Å². The predicted molar refractivity (Wildman–Crippen MR) is 108 cm³/mol. The van der Waals surface area contributed by atoms with E-state index < -0.39 is 0 Å². The third kappa shape index (κ3) is 4.15. The highest BCUT2D eigenvalue weighted by Gasteiger charge is 2.09. The van der Waals surface area contributed by atoms with Crippen LogP contribution in [0.1, 0.15) is 5.56 Å². The van der Waals surface area contributed by atoms with Crippen LogP contribution in [-0.4, -0.2) is 9.97 Å². The van der Waals surface area contributed by atoms with Crippen LogP contribution in [0.3, 0.4) is 0 Å². The zero-order valence-electron chi connectivity index (χ0n) is 14.3. The van der Waals surface area contributed by atoms with Gasteiger partial charge in [0.15, 0.2) is 11.6 Å². The third-order valence-electron chi connectivity index (χ3n) is 4.05. The second-order valence-corrected chi connectivity index (χ2v) is 6.46.